The van der Waals surface area contributed by atoms with Crippen LogP contribution in [0.2, 0.25) is 0 Å². The first-order valence-electron chi connectivity index (χ1n) is 6.01. The Hall–Kier alpha value is -1.44. The van der Waals surface area contributed by atoms with Gasteiger partial charge in [-0.05, 0) is 30.9 Å². The molecule has 1 heterocycles. The van der Waals surface area contributed by atoms with Gasteiger partial charge in [-0.2, -0.15) is 0 Å². The number of rotatable bonds is 1. The Bertz CT molecular complexity index is 531. The van der Waals surface area contributed by atoms with E-state index in [9.17, 15) is 0 Å². The number of para-hydroxylation sites is 2. The van der Waals surface area contributed by atoms with Gasteiger partial charge < -0.3 is 0 Å². The molecule has 0 spiro atoms. The van der Waals surface area contributed by atoms with E-state index in [-0.39, 0.29) is 0 Å². The van der Waals surface area contributed by atoms with Crippen LogP contribution in [0.1, 0.15) is 37.6 Å². The molecule has 0 N–H and O–H groups in total. The van der Waals surface area contributed by atoms with Gasteiger partial charge in [0.2, 0.25) is 0 Å². The van der Waals surface area contributed by atoms with E-state index in [1.54, 1.807) is 0 Å². The van der Waals surface area contributed by atoms with E-state index < -0.39 is 0 Å². The average Bonchev–Trinajstić information content (AvgIpc) is 2.68. The van der Waals surface area contributed by atoms with Crippen LogP contribution < -0.4 is 0 Å². The minimum absolute atomic E-state index is 0.604. The molecule has 1 aromatic heterocycles. The lowest BCUT2D eigenvalue weighted by atomic mass is 9.94. The first-order chi connectivity index (χ1) is 7.75. The fourth-order valence-electron chi connectivity index (χ4n) is 2.61. The van der Waals surface area contributed by atoms with Gasteiger partial charge in [-0.3, -0.25) is 0 Å². The lowest BCUT2D eigenvalue weighted by Crippen LogP contribution is -2.05. The second kappa shape index (κ2) is 3.55. The molecule has 3 rings (SSSR count). The van der Waals surface area contributed by atoms with Crippen molar-refractivity contribution in [3.63, 3.8) is 0 Å². The van der Waals surface area contributed by atoms with Crippen molar-refractivity contribution in [1.29, 1.82) is 0 Å². The minimum Gasteiger partial charge on any atom is -0.249 e. The van der Waals surface area contributed by atoms with Gasteiger partial charge in [0, 0.05) is 5.92 Å². The van der Waals surface area contributed by atoms with Crippen LogP contribution in [0, 0.1) is 5.92 Å². The zero-order valence-electron chi connectivity index (χ0n) is 9.77. The molecule has 0 aliphatic heterocycles. The highest BCUT2D eigenvalue weighted by atomic mass is 14.8. The van der Waals surface area contributed by atoms with Crippen LogP contribution in [0.3, 0.4) is 0 Å². The fourth-order valence-corrected chi connectivity index (χ4v) is 2.61. The molecule has 0 saturated carbocycles. The van der Waals surface area contributed by atoms with Gasteiger partial charge in [-0.25, -0.2) is 9.97 Å². The van der Waals surface area contributed by atoms with Crippen LogP contribution in [0.15, 0.2) is 24.3 Å². The van der Waals surface area contributed by atoms with Crippen molar-refractivity contribution in [3.05, 3.63) is 35.7 Å². The van der Waals surface area contributed by atoms with E-state index >= 15 is 0 Å². The molecule has 0 fully saturated rings. The highest BCUT2D eigenvalue weighted by Crippen LogP contribution is 2.36. The van der Waals surface area contributed by atoms with E-state index in [0.717, 1.165) is 17.5 Å². The maximum absolute atomic E-state index is 4.80. The Kier molecular flexibility index (Phi) is 2.16. The largest absolute Gasteiger partial charge is 0.249 e. The molecule has 0 bridgehead atoms. The Morgan fingerprint density at radius 3 is 2.50 bits per heavy atom. The van der Waals surface area contributed by atoms with Gasteiger partial charge in [-0.15, -0.1) is 0 Å². The van der Waals surface area contributed by atoms with Crippen molar-refractivity contribution >= 4 is 11.0 Å². The van der Waals surface area contributed by atoms with Crippen LogP contribution >= 0.6 is 0 Å². The number of hydrogen-bond donors (Lipinski definition) is 0. The summed E-state index contributed by atoms with van der Waals surface area (Å²) in [6, 6.07) is 8.16. The maximum Gasteiger partial charge on any atom is 0.0890 e. The summed E-state index contributed by atoms with van der Waals surface area (Å²) >= 11 is 0. The number of hydrogen-bond acceptors (Lipinski definition) is 2. The molecule has 0 saturated heterocycles. The van der Waals surface area contributed by atoms with Crippen molar-refractivity contribution in [2.45, 2.75) is 32.6 Å². The molecule has 82 valence electrons. The molecule has 2 heteroatoms. The van der Waals surface area contributed by atoms with E-state index in [1.807, 2.05) is 18.2 Å². The highest BCUT2D eigenvalue weighted by Gasteiger charge is 2.27. The van der Waals surface area contributed by atoms with Gasteiger partial charge >= 0.3 is 0 Å². The quantitative estimate of drug-likeness (QED) is 0.724. The number of nitrogens with zero attached hydrogens (tertiary/aromatic N) is 2. The molecule has 0 radical (unpaired) electrons. The second-order valence-electron chi connectivity index (χ2n) is 4.93. The predicted molar refractivity (Wildman–Crippen MR) is 65.4 cm³/mol. The van der Waals surface area contributed by atoms with Crippen molar-refractivity contribution < 1.29 is 0 Å². The zero-order chi connectivity index (χ0) is 11.1. The van der Waals surface area contributed by atoms with E-state index in [0.29, 0.717) is 11.8 Å². The average molecular weight is 212 g/mol. The first-order valence-corrected chi connectivity index (χ1v) is 6.01. The summed E-state index contributed by atoms with van der Waals surface area (Å²) in [6.07, 6.45) is 2.30. The lowest BCUT2D eigenvalue weighted by Gasteiger charge is -2.14. The summed E-state index contributed by atoms with van der Waals surface area (Å²) in [4.78, 5) is 9.52. The number of fused-ring (bicyclic) bond motifs is 2. The maximum atomic E-state index is 4.80. The first kappa shape index (κ1) is 9.76. The van der Waals surface area contributed by atoms with Gasteiger partial charge in [-0.1, -0.05) is 26.0 Å². The van der Waals surface area contributed by atoms with Crippen molar-refractivity contribution in [2.75, 3.05) is 0 Å². The van der Waals surface area contributed by atoms with Gasteiger partial charge in [0.05, 0.1) is 22.4 Å². The molecule has 2 nitrogen and oxygen atoms in total. The molecule has 2 aromatic rings. The Morgan fingerprint density at radius 1 is 1.12 bits per heavy atom. The second-order valence-corrected chi connectivity index (χ2v) is 4.93. The fraction of sp³-hybridized carbons (Fsp3) is 0.429. The smallest absolute Gasteiger partial charge is 0.0890 e. The van der Waals surface area contributed by atoms with Gasteiger partial charge in [0.1, 0.15) is 0 Å². The van der Waals surface area contributed by atoms with Crippen LogP contribution in [-0.2, 0) is 6.42 Å². The number of aromatic nitrogens is 2. The third-order valence-electron chi connectivity index (χ3n) is 3.52. The van der Waals surface area contributed by atoms with Crippen LogP contribution in [-0.4, -0.2) is 9.97 Å². The van der Waals surface area contributed by atoms with Crippen molar-refractivity contribution in [1.82, 2.24) is 9.97 Å². The molecule has 1 aliphatic rings. The Balaban J connectivity index is 2.19. The highest BCUT2D eigenvalue weighted by molar-refractivity contribution is 5.74. The minimum atomic E-state index is 0.604. The summed E-state index contributed by atoms with van der Waals surface area (Å²) in [5.41, 5.74) is 4.53. The normalized spacial score (nSPS) is 19.3. The zero-order valence-corrected chi connectivity index (χ0v) is 9.77. The molecule has 0 amide bonds. The van der Waals surface area contributed by atoms with E-state index in [2.05, 4.69) is 19.9 Å². The summed E-state index contributed by atoms with van der Waals surface area (Å²) in [6.45, 7) is 4.55. The van der Waals surface area contributed by atoms with Gasteiger partial charge in [0.15, 0.2) is 0 Å². The molecule has 16 heavy (non-hydrogen) atoms. The number of benzene rings is 1. The predicted octanol–water partition coefficient (Wildman–Crippen LogP) is 3.32. The molecule has 1 aromatic carbocycles. The monoisotopic (exact) mass is 212 g/mol. The Morgan fingerprint density at radius 2 is 1.81 bits per heavy atom. The molecule has 1 unspecified atom stereocenters. The van der Waals surface area contributed by atoms with Crippen molar-refractivity contribution in [3.8, 4) is 0 Å². The standard InChI is InChI=1S/C14H16N2/c1-9(2)10-7-8-13-14(10)16-12-6-4-3-5-11(12)15-13/h3-6,9-10H,7-8H2,1-2H3. The molecular formula is C14H16N2. The number of aryl methyl sites for hydroxylation is 1. The SMILES string of the molecule is CC(C)C1CCc2nc3ccccc3nc21. The van der Waals surface area contributed by atoms with E-state index in [1.165, 1.54) is 17.8 Å². The van der Waals surface area contributed by atoms with Crippen LogP contribution in [0.25, 0.3) is 11.0 Å². The molecular weight excluding hydrogens is 196 g/mol. The topological polar surface area (TPSA) is 25.8 Å². The summed E-state index contributed by atoms with van der Waals surface area (Å²) in [7, 11) is 0. The summed E-state index contributed by atoms with van der Waals surface area (Å²) in [5.74, 6) is 1.27. The van der Waals surface area contributed by atoms with Crippen LogP contribution in [0.5, 0.6) is 0 Å². The molecule has 1 aliphatic carbocycles. The van der Waals surface area contributed by atoms with Crippen LogP contribution in [0.4, 0.5) is 0 Å². The van der Waals surface area contributed by atoms with Crippen molar-refractivity contribution in [2.24, 2.45) is 5.92 Å². The summed E-state index contributed by atoms with van der Waals surface area (Å²) in [5, 5.41) is 0. The third kappa shape index (κ3) is 1.41. The lowest BCUT2D eigenvalue weighted by molar-refractivity contribution is 0.488. The summed E-state index contributed by atoms with van der Waals surface area (Å²) < 4.78 is 0. The third-order valence-corrected chi connectivity index (χ3v) is 3.52. The molecule has 1 atom stereocenters. The Labute approximate surface area is 95.7 Å². The van der Waals surface area contributed by atoms with Gasteiger partial charge in [0.25, 0.3) is 0 Å². The van der Waals surface area contributed by atoms with E-state index in [4.69, 9.17) is 9.97 Å².